The van der Waals surface area contributed by atoms with Crippen LogP contribution in [0.15, 0.2) is 5.38 Å². The molecule has 0 radical (unpaired) electrons. The topological polar surface area (TPSA) is 60.5 Å². The number of rotatable bonds is 7. The molecule has 0 bridgehead atoms. The number of aromatic nitrogens is 1. The van der Waals surface area contributed by atoms with Gasteiger partial charge in [0.2, 0.25) is 5.91 Å². The van der Waals surface area contributed by atoms with E-state index in [9.17, 15) is 4.79 Å². The zero-order valence-electron chi connectivity index (χ0n) is 11.6. The van der Waals surface area contributed by atoms with E-state index in [4.69, 9.17) is 9.47 Å². The zero-order chi connectivity index (χ0) is 14.2. The summed E-state index contributed by atoms with van der Waals surface area (Å²) in [6.07, 6.45) is 3.24. The summed E-state index contributed by atoms with van der Waals surface area (Å²) < 4.78 is 11.1. The SMILES string of the molecule is Cc1csc(NC(=O)CSCCOC2CCCCO2)n1. The first-order chi connectivity index (χ1) is 9.74. The van der Waals surface area contributed by atoms with E-state index in [-0.39, 0.29) is 12.2 Å². The second-order valence-corrected chi connectivity index (χ2v) is 6.52. The molecule has 0 aromatic carbocycles. The van der Waals surface area contributed by atoms with Crippen molar-refractivity contribution in [2.24, 2.45) is 0 Å². The predicted molar refractivity (Wildman–Crippen MR) is 82.3 cm³/mol. The van der Waals surface area contributed by atoms with E-state index in [2.05, 4.69) is 10.3 Å². The molecule has 1 aromatic rings. The molecule has 1 aliphatic rings. The van der Waals surface area contributed by atoms with Gasteiger partial charge in [0.1, 0.15) is 0 Å². The van der Waals surface area contributed by atoms with Gasteiger partial charge in [-0.05, 0) is 26.2 Å². The normalized spacial score (nSPS) is 18.9. The van der Waals surface area contributed by atoms with Gasteiger partial charge >= 0.3 is 0 Å². The van der Waals surface area contributed by atoms with Crippen LogP contribution in [0.5, 0.6) is 0 Å². The Morgan fingerprint density at radius 3 is 3.25 bits per heavy atom. The van der Waals surface area contributed by atoms with Crippen molar-refractivity contribution in [2.45, 2.75) is 32.5 Å². The van der Waals surface area contributed by atoms with Gasteiger partial charge in [0.05, 0.1) is 18.1 Å². The van der Waals surface area contributed by atoms with Crippen LogP contribution in [-0.2, 0) is 14.3 Å². The highest BCUT2D eigenvalue weighted by Gasteiger charge is 2.13. The van der Waals surface area contributed by atoms with Crippen molar-refractivity contribution in [1.29, 1.82) is 0 Å². The molecule has 1 fully saturated rings. The molecule has 1 unspecified atom stereocenters. The van der Waals surface area contributed by atoms with E-state index in [1.54, 1.807) is 11.8 Å². The minimum absolute atomic E-state index is 0.0155. The van der Waals surface area contributed by atoms with Crippen molar-refractivity contribution in [2.75, 3.05) is 30.0 Å². The van der Waals surface area contributed by atoms with Gasteiger partial charge in [-0.15, -0.1) is 23.1 Å². The number of amides is 1. The third-order valence-electron chi connectivity index (χ3n) is 2.77. The molecule has 2 heterocycles. The van der Waals surface area contributed by atoms with Crippen molar-refractivity contribution < 1.29 is 14.3 Å². The van der Waals surface area contributed by atoms with Crippen molar-refractivity contribution in [1.82, 2.24) is 4.98 Å². The number of nitrogens with one attached hydrogen (secondary N) is 1. The minimum Gasteiger partial charge on any atom is -0.353 e. The van der Waals surface area contributed by atoms with Crippen LogP contribution in [0.1, 0.15) is 25.0 Å². The van der Waals surface area contributed by atoms with Crippen LogP contribution in [0, 0.1) is 6.92 Å². The lowest BCUT2D eigenvalue weighted by Gasteiger charge is -2.22. The number of ether oxygens (including phenoxy) is 2. The Morgan fingerprint density at radius 1 is 1.65 bits per heavy atom. The molecule has 1 aliphatic heterocycles. The second kappa shape index (κ2) is 8.61. The summed E-state index contributed by atoms with van der Waals surface area (Å²) in [6.45, 7) is 3.33. The average Bonchev–Trinajstić information content (AvgIpc) is 2.85. The third-order valence-corrected chi connectivity index (χ3v) is 4.57. The van der Waals surface area contributed by atoms with Gasteiger partial charge in [0.25, 0.3) is 0 Å². The Bertz CT molecular complexity index is 420. The molecular weight excluding hydrogens is 296 g/mol. The lowest BCUT2D eigenvalue weighted by molar-refractivity contribution is -0.158. The Labute approximate surface area is 127 Å². The standard InChI is InChI=1S/C13H20N2O3S2/c1-10-8-20-13(14-10)15-11(16)9-19-7-6-18-12-4-2-3-5-17-12/h8,12H,2-7,9H2,1H3,(H,14,15,16). The molecule has 1 aromatic heterocycles. The molecule has 1 amide bonds. The largest absolute Gasteiger partial charge is 0.353 e. The molecule has 20 heavy (non-hydrogen) atoms. The monoisotopic (exact) mass is 316 g/mol. The van der Waals surface area contributed by atoms with Crippen molar-refractivity contribution in [3.05, 3.63) is 11.1 Å². The number of thiazole rings is 1. The van der Waals surface area contributed by atoms with Crippen molar-refractivity contribution >= 4 is 34.1 Å². The maximum atomic E-state index is 11.7. The number of hydrogen-bond acceptors (Lipinski definition) is 6. The van der Waals surface area contributed by atoms with Crippen LogP contribution in [0.2, 0.25) is 0 Å². The Kier molecular flexibility index (Phi) is 6.78. The zero-order valence-corrected chi connectivity index (χ0v) is 13.2. The van der Waals surface area contributed by atoms with Crippen LogP contribution >= 0.6 is 23.1 Å². The fraction of sp³-hybridized carbons (Fsp3) is 0.692. The van der Waals surface area contributed by atoms with Gasteiger partial charge in [-0.3, -0.25) is 4.79 Å². The molecule has 0 spiro atoms. The van der Waals surface area contributed by atoms with E-state index >= 15 is 0 Å². The second-order valence-electron chi connectivity index (χ2n) is 4.56. The van der Waals surface area contributed by atoms with Crippen LogP contribution in [0.3, 0.4) is 0 Å². The molecule has 0 aliphatic carbocycles. The number of carbonyl (C=O) groups is 1. The smallest absolute Gasteiger partial charge is 0.236 e. The molecule has 2 rings (SSSR count). The highest BCUT2D eigenvalue weighted by molar-refractivity contribution is 7.99. The fourth-order valence-corrected chi connectivity index (χ4v) is 3.13. The minimum atomic E-state index is -0.0449. The quantitative estimate of drug-likeness (QED) is 0.784. The summed E-state index contributed by atoms with van der Waals surface area (Å²) in [5.41, 5.74) is 0.929. The number of carbonyl (C=O) groups excluding carboxylic acids is 1. The molecule has 1 atom stereocenters. The van der Waals surface area contributed by atoms with Crippen LogP contribution < -0.4 is 5.32 Å². The van der Waals surface area contributed by atoms with Gasteiger partial charge in [0.15, 0.2) is 11.4 Å². The number of hydrogen-bond donors (Lipinski definition) is 1. The molecule has 0 saturated carbocycles. The predicted octanol–water partition coefficient (Wildman–Crippen LogP) is 2.67. The average molecular weight is 316 g/mol. The summed E-state index contributed by atoms with van der Waals surface area (Å²) in [5, 5.41) is 5.37. The van der Waals surface area contributed by atoms with E-state index in [1.165, 1.54) is 17.8 Å². The summed E-state index contributed by atoms with van der Waals surface area (Å²) in [7, 11) is 0. The molecule has 5 nitrogen and oxygen atoms in total. The number of aryl methyl sites for hydroxylation is 1. The van der Waals surface area contributed by atoms with Crippen LogP contribution in [-0.4, -0.2) is 41.9 Å². The van der Waals surface area contributed by atoms with Gasteiger partial charge < -0.3 is 14.8 Å². The van der Waals surface area contributed by atoms with E-state index < -0.39 is 0 Å². The summed E-state index contributed by atoms with van der Waals surface area (Å²) in [4.78, 5) is 15.8. The molecular formula is C13H20N2O3S2. The summed E-state index contributed by atoms with van der Waals surface area (Å²) in [6, 6.07) is 0. The highest BCUT2D eigenvalue weighted by Crippen LogP contribution is 2.16. The molecule has 112 valence electrons. The Morgan fingerprint density at radius 2 is 2.55 bits per heavy atom. The van der Waals surface area contributed by atoms with Crippen molar-refractivity contribution in [3.63, 3.8) is 0 Å². The summed E-state index contributed by atoms with van der Waals surface area (Å²) >= 11 is 3.01. The lowest BCUT2D eigenvalue weighted by atomic mass is 10.2. The van der Waals surface area contributed by atoms with E-state index in [0.717, 1.165) is 30.9 Å². The van der Waals surface area contributed by atoms with Gasteiger partial charge in [0, 0.05) is 17.7 Å². The van der Waals surface area contributed by atoms with E-state index in [1.807, 2.05) is 12.3 Å². The number of nitrogens with zero attached hydrogens (tertiary/aromatic N) is 1. The van der Waals surface area contributed by atoms with Gasteiger partial charge in [-0.2, -0.15) is 0 Å². The molecule has 1 N–H and O–H groups in total. The van der Waals surface area contributed by atoms with Crippen LogP contribution in [0.25, 0.3) is 0 Å². The fourth-order valence-electron chi connectivity index (χ4n) is 1.81. The lowest BCUT2D eigenvalue weighted by Crippen LogP contribution is -2.23. The third kappa shape index (κ3) is 5.78. The first-order valence-electron chi connectivity index (χ1n) is 6.77. The van der Waals surface area contributed by atoms with Gasteiger partial charge in [-0.25, -0.2) is 4.98 Å². The Hall–Kier alpha value is -0.630. The van der Waals surface area contributed by atoms with Crippen LogP contribution in [0.4, 0.5) is 5.13 Å². The molecule has 7 heteroatoms. The highest BCUT2D eigenvalue weighted by atomic mass is 32.2. The summed E-state index contributed by atoms with van der Waals surface area (Å²) in [5.74, 6) is 1.20. The molecule has 1 saturated heterocycles. The van der Waals surface area contributed by atoms with Gasteiger partial charge in [-0.1, -0.05) is 0 Å². The maximum absolute atomic E-state index is 11.7. The van der Waals surface area contributed by atoms with Crippen molar-refractivity contribution in [3.8, 4) is 0 Å². The first kappa shape index (κ1) is 15.8. The maximum Gasteiger partial charge on any atom is 0.236 e. The Balaban J connectivity index is 1.51. The van der Waals surface area contributed by atoms with E-state index in [0.29, 0.717) is 17.5 Å². The number of anilines is 1. The first-order valence-corrected chi connectivity index (χ1v) is 8.80. The number of thioether (sulfide) groups is 1.